The predicted molar refractivity (Wildman–Crippen MR) is 30.5 cm³/mol. The van der Waals surface area contributed by atoms with Gasteiger partial charge in [0.1, 0.15) is 0 Å². The number of hydrogen-bond acceptors (Lipinski definition) is 2. The Bertz CT molecular complexity index is 103. The van der Waals surface area contributed by atoms with E-state index in [4.69, 9.17) is 5.11 Å². The van der Waals surface area contributed by atoms with Crippen LogP contribution in [0.5, 0.6) is 0 Å². The highest BCUT2D eigenvalue weighted by molar-refractivity contribution is 4.95. The number of fused-ring (bicyclic) bond motifs is 2. The molecule has 2 fully saturated rings. The Morgan fingerprint density at radius 1 is 1.38 bits per heavy atom. The van der Waals surface area contributed by atoms with Crippen LogP contribution in [0.4, 0.5) is 0 Å². The fraction of sp³-hybridized carbons (Fsp3) is 1.00. The molecule has 2 N–H and O–H groups in total. The fourth-order valence-electron chi connectivity index (χ4n) is 1.82. The molecule has 0 amide bonds. The first kappa shape index (κ1) is 4.77. The van der Waals surface area contributed by atoms with Gasteiger partial charge in [-0.2, -0.15) is 0 Å². The fourth-order valence-corrected chi connectivity index (χ4v) is 1.82. The van der Waals surface area contributed by atoms with Crippen LogP contribution in [-0.4, -0.2) is 23.8 Å². The zero-order chi connectivity index (χ0) is 5.56. The maximum atomic E-state index is 9.16. The minimum atomic E-state index is -0.0336. The summed E-state index contributed by atoms with van der Waals surface area (Å²) in [5.41, 5.74) is 0. The van der Waals surface area contributed by atoms with Gasteiger partial charge in [0.2, 0.25) is 0 Å². The molecule has 0 aromatic carbocycles. The monoisotopic (exact) mass is 113 g/mol. The van der Waals surface area contributed by atoms with Crippen molar-refractivity contribution in [1.29, 1.82) is 0 Å². The maximum absolute atomic E-state index is 9.16. The van der Waals surface area contributed by atoms with Crippen LogP contribution in [0.1, 0.15) is 12.8 Å². The van der Waals surface area contributed by atoms with Gasteiger partial charge in [0.15, 0.2) is 0 Å². The lowest BCUT2D eigenvalue weighted by molar-refractivity contribution is 0.134. The summed E-state index contributed by atoms with van der Waals surface area (Å²) in [6, 6.07) is 0.444. The van der Waals surface area contributed by atoms with Gasteiger partial charge in [0.05, 0.1) is 6.10 Å². The number of hydrogen-bond donors (Lipinski definition) is 2. The summed E-state index contributed by atoms with van der Waals surface area (Å²) in [4.78, 5) is 0. The van der Waals surface area contributed by atoms with Crippen molar-refractivity contribution >= 4 is 0 Å². The molecule has 0 spiro atoms. The standard InChI is InChI=1S/C6H11NO/c8-6-2-4-1-5(6)7-3-4/h4-8H,1-3H2/t4-,5+,6-/m0/s1. The Labute approximate surface area is 48.9 Å². The van der Waals surface area contributed by atoms with E-state index in [1.807, 2.05) is 0 Å². The average Bonchev–Trinajstić information content (AvgIpc) is 2.23. The molecule has 2 aliphatic rings. The number of nitrogens with one attached hydrogen (secondary N) is 1. The Morgan fingerprint density at radius 2 is 2.25 bits per heavy atom. The number of aliphatic hydroxyl groups excluding tert-OH is 1. The first-order chi connectivity index (χ1) is 3.86. The summed E-state index contributed by atoms with van der Waals surface area (Å²) in [5, 5.41) is 12.4. The smallest absolute Gasteiger partial charge is 0.0696 e. The SMILES string of the molecule is O[C@H]1C[C@H]2CN[C@@H]1C2. The van der Waals surface area contributed by atoms with Gasteiger partial charge in [-0.1, -0.05) is 0 Å². The maximum Gasteiger partial charge on any atom is 0.0696 e. The Balaban J connectivity index is 2.11. The van der Waals surface area contributed by atoms with Gasteiger partial charge in [0, 0.05) is 6.04 Å². The molecule has 2 rings (SSSR count). The highest BCUT2D eigenvalue weighted by Crippen LogP contribution is 2.30. The minimum absolute atomic E-state index is 0.0336. The van der Waals surface area contributed by atoms with Gasteiger partial charge in [-0.25, -0.2) is 0 Å². The molecule has 1 heterocycles. The zero-order valence-corrected chi connectivity index (χ0v) is 4.80. The Hall–Kier alpha value is -0.0800. The molecule has 2 bridgehead atoms. The third-order valence-corrected chi connectivity index (χ3v) is 2.30. The van der Waals surface area contributed by atoms with Crippen LogP contribution in [0.3, 0.4) is 0 Å². The van der Waals surface area contributed by atoms with Crippen LogP contribution in [0.25, 0.3) is 0 Å². The number of piperidine rings is 1. The molecule has 1 aliphatic carbocycles. The summed E-state index contributed by atoms with van der Waals surface area (Å²) in [7, 11) is 0. The van der Waals surface area contributed by atoms with E-state index < -0.39 is 0 Å². The minimum Gasteiger partial charge on any atom is -0.391 e. The van der Waals surface area contributed by atoms with Gasteiger partial charge in [-0.15, -0.1) is 0 Å². The van der Waals surface area contributed by atoms with Crippen molar-refractivity contribution < 1.29 is 5.11 Å². The summed E-state index contributed by atoms with van der Waals surface area (Å²) in [6.07, 6.45) is 2.22. The molecule has 8 heavy (non-hydrogen) atoms. The molecule has 3 atom stereocenters. The van der Waals surface area contributed by atoms with Crippen LogP contribution < -0.4 is 5.32 Å². The van der Waals surface area contributed by atoms with Crippen molar-refractivity contribution in [2.24, 2.45) is 5.92 Å². The van der Waals surface area contributed by atoms with Crippen molar-refractivity contribution in [3.05, 3.63) is 0 Å². The summed E-state index contributed by atoms with van der Waals surface area (Å²) < 4.78 is 0. The average molecular weight is 113 g/mol. The van der Waals surface area contributed by atoms with E-state index in [9.17, 15) is 0 Å². The molecule has 1 saturated carbocycles. The van der Waals surface area contributed by atoms with Crippen molar-refractivity contribution in [3.8, 4) is 0 Å². The summed E-state index contributed by atoms with van der Waals surface area (Å²) in [6.45, 7) is 1.14. The van der Waals surface area contributed by atoms with Crippen LogP contribution in [-0.2, 0) is 0 Å². The van der Waals surface area contributed by atoms with E-state index in [-0.39, 0.29) is 6.10 Å². The molecule has 1 saturated heterocycles. The molecule has 0 unspecified atom stereocenters. The Kier molecular flexibility index (Phi) is 0.866. The first-order valence-corrected chi connectivity index (χ1v) is 3.28. The first-order valence-electron chi connectivity index (χ1n) is 3.28. The van der Waals surface area contributed by atoms with Crippen LogP contribution in [0.15, 0.2) is 0 Å². The van der Waals surface area contributed by atoms with E-state index in [1.165, 1.54) is 6.42 Å². The quantitative estimate of drug-likeness (QED) is 0.453. The highest BCUT2D eigenvalue weighted by atomic mass is 16.3. The van der Waals surface area contributed by atoms with Crippen molar-refractivity contribution in [3.63, 3.8) is 0 Å². The van der Waals surface area contributed by atoms with Crippen molar-refractivity contribution in [2.45, 2.75) is 25.0 Å². The summed E-state index contributed by atoms with van der Waals surface area (Å²) in [5.74, 6) is 0.787. The largest absolute Gasteiger partial charge is 0.391 e. The summed E-state index contributed by atoms with van der Waals surface area (Å²) >= 11 is 0. The molecular formula is C6H11NO. The van der Waals surface area contributed by atoms with Crippen molar-refractivity contribution in [2.75, 3.05) is 6.54 Å². The van der Waals surface area contributed by atoms with Gasteiger partial charge in [-0.3, -0.25) is 0 Å². The lowest BCUT2D eigenvalue weighted by atomic mass is 10.1. The van der Waals surface area contributed by atoms with Gasteiger partial charge >= 0.3 is 0 Å². The van der Waals surface area contributed by atoms with Gasteiger partial charge in [-0.05, 0) is 25.3 Å². The Morgan fingerprint density at radius 3 is 2.50 bits per heavy atom. The second-order valence-corrected chi connectivity index (χ2v) is 2.92. The molecule has 2 heteroatoms. The van der Waals surface area contributed by atoms with E-state index in [0.29, 0.717) is 6.04 Å². The highest BCUT2D eigenvalue weighted by Gasteiger charge is 2.37. The molecule has 2 nitrogen and oxygen atoms in total. The topological polar surface area (TPSA) is 32.3 Å². The lowest BCUT2D eigenvalue weighted by Gasteiger charge is -2.16. The molecule has 1 aliphatic heterocycles. The third-order valence-electron chi connectivity index (χ3n) is 2.30. The number of aliphatic hydroxyl groups is 1. The number of rotatable bonds is 0. The normalized spacial score (nSPS) is 52.9. The third kappa shape index (κ3) is 0.501. The molecular weight excluding hydrogens is 102 g/mol. The lowest BCUT2D eigenvalue weighted by Crippen LogP contribution is -2.36. The second kappa shape index (κ2) is 1.45. The van der Waals surface area contributed by atoms with Crippen LogP contribution >= 0.6 is 0 Å². The van der Waals surface area contributed by atoms with Gasteiger partial charge < -0.3 is 10.4 Å². The van der Waals surface area contributed by atoms with Crippen LogP contribution in [0, 0.1) is 5.92 Å². The van der Waals surface area contributed by atoms with E-state index >= 15 is 0 Å². The van der Waals surface area contributed by atoms with Gasteiger partial charge in [0.25, 0.3) is 0 Å². The van der Waals surface area contributed by atoms with E-state index in [2.05, 4.69) is 5.32 Å². The second-order valence-electron chi connectivity index (χ2n) is 2.92. The zero-order valence-electron chi connectivity index (χ0n) is 4.80. The van der Waals surface area contributed by atoms with E-state index in [0.717, 1.165) is 18.9 Å². The van der Waals surface area contributed by atoms with Crippen LogP contribution in [0.2, 0.25) is 0 Å². The molecule has 0 radical (unpaired) electrons. The van der Waals surface area contributed by atoms with E-state index in [1.54, 1.807) is 0 Å². The van der Waals surface area contributed by atoms with Crippen molar-refractivity contribution in [1.82, 2.24) is 5.32 Å². The molecule has 0 aromatic heterocycles. The molecule has 0 aromatic rings. The predicted octanol–water partition coefficient (Wildman–Crippen LogP) is -0.271. The molecule has 46 valence electrons.